The second-order valence-electron chi connectivity index (χ2n) is 4.84. The molecule has 0 saturated carbocycles. The number of aliphatic hydroxyl groups excluding tert-OH is 1. The Kier molecular flexibility index (Phi) is 6.28. The molecule has 4 N–H and O–H groups in total. The minimum absolute atomic E-state index is 0.249. The van der Waals surface area contributed by atoms with Gasteiger partial charge in [0.1, 0.15) is 0 Å². The van der Waals surface area contributed by atoms with Crippen molar-refractivity contribution in [2.75, 3.05) is 13.2 Å². The summed E-state index contributed by atoms with van der Waals surface area (Å²) < 4.78 is 5.83. The van der Waals surface area contributed by atoms with Crippen LogP contribution in [0.1, 0.15) is 39.5 Å². The van der Waals surface area contributed by atoms with Crippen molar-refractivity contribution in [1.82, 2.24) is 5.32 Å². The highest BCUT2D eigenvalue weighted by Gasteiger charge is 2.29. The van der Waals surface area contributed by atoms with Gasteiger partial charge in [-0.05, 0) is 39.5 Å². The summed E-state index contributed by atoms with van der Waals surface area (Å²) >= 11 is 0. The number of hydrogen-bond acceptors (Lipinski definition) is 4. The van der Waals surface area contributed by atoms with Crippen LogP contribution in [0.15, 0.2) is 0 Å². The second-order valence-corrected chi connectivity index (χ2v) is 4.84. The van der Waals surface area contributed by atoms with E-state index in [-0.39, 0.29) is 18.8 Å². The van der Waals surface area contributed by atoms with Crippen LogP contribution in [0.2, 0.25) is 0 Å². The molecule has 4 heteroatoms. The molecule has 0 aromatic carbocycles. The summed E-state index contributed by atoms with van der Waals surface area (Å²) in [5, 5.41) is 12.3. The van der Waals surface area contributed by atoms with Gasteiger partial charge in [-0.2, -0.15) is 0 Å². The van der Waals surface area contributed by atoms with Gasteiger partial charge in [-0.15, -0.1) is 0 Å². The number of ether oxygens (including phenoxy) is 1. The molecule has 0 spiro atoms. The minimum atomic E-state index is 0.249. The summed E-state index contributed by atoms with van der Waals surface area (Å²) in [6.07, 6.45) is 4.68. The molecule has 4 atom stereocenters. The van der Waals surface area contributed by atoms with Crippen molar-refractivity contribution in [3.05, 3.63) is 0 Å². The Morgan fingerprint density at radius 3 is 2.75 bits per heavy atom. The van der Waals surface area contributed by atoms with Crippen molar-refractivity contribution in [2.24, 2.45) is 5.73 Å². The highest BCUT2D eigenvalue weighted by atomic mass is 16.5. The summed E-state index contributed by atoms with van der Waals surface area (Å²) in [4.78, 5) is 0. The Labute approximate surface area is 98.5 Å². The highest BCUT2D eigenvalue weighted by molar-refractivity contribution is 4.85. The van der Waals surface area contributed by atoms with Crippen molar-refractivity contribution < 1.29 is 9.84 Å². The van der Waals surface area contributed by atoms with Gasteiger partial charge in [-0.3, -0.25) is 0 Å². The van der Waals surface area contributed by atoms with E-state index in [1.807, 2.05) is 0 Å². The van der Waals surface area contributed by atoms with Crippen molar-refractivity contribution in [3.8, 4) is 0 Å². The molecule has 1 aliphatic heterocycles. The molecule has 1 heterocycles. The number of hydrogen-bond donors (Lipinski definition) is 3. The van der Waals surface area contributed by atoms with Crippen LogP contribution in [0.5, 0.6) is 0 Å². The number of aliphatic hydroxyl groups is 1. The fraction of sp³-hybridized carbons (Fsp3) is 1.00. The minimum Gasteiger partial charge on any atom is -0.396 e. The number of nitrogens with one attached hydrogen (secondary N) is 1. The third kappa shape index (κ3) is 4.37. The van der Waals surface area contributed by atoms with Gasteiger partial charge in [-0.1, -0.05) is 0 Å². The van der Waals surface area contributed by atoms with Gasteiger partial charge >= 0.3 is 0 Å². The zero-order valence-corrected chi connectivity index (χ0v) is 10.5. The first kappa shape index (κ1) is 13.9. The Balaban J connectivity index is 2.30. The maximum Gasteiger partial charge on any atom is 0.0745 e. The molecule has 1 aliphatic rings. The topological polar surface area (TPSA) is 67.5 Å². The summed E-state index contributed by atoms with van der Waals surface area (Å²) in [6, 6.07) is 0.638. The van der Waals surface area contributed by atoms with Gasteiger partial charge in [-0.25, -0.2) is 0 Å². The molecule has 0 bridgehead atoms. The lowest BCUT2D eigenvalue weighted by atomic mass is 10.1. The van der Waals surface area contributed by atoms with Crippen molar-refractivity contribution in [3.63, 3.8) is 0 Å². The quantitative estimate of drug-likeness (QED) is 0.600. The van der Waals surface area contributed by atoms with E-state index >= 15 is 0 Å². The van der Waals surface area contributed by atoms with Crippen LogP contribution in [-0.2, 0) is 4.74 Å². The van der Waals surface area contributed by atoms with E-state index < -0.39 is 0 Å². The van der Waals surface area contributed by atoms with E-state index in [9.17, 15) is 0 Å². The fourth-order valence-corrected chi connectivity index (χ4v) is 2.30. The summed E-state index contributed by atoms with van der Waals surface area (Å²) in [7, 11) is 0. The smallest absolute Gasteiger partial charge is 0.0745 e. The van der Waals surface area contributed by atoms with E-state index in [4.69, 9.17) is 15.6 Å². The lowest BCUT2D eigenvalue weighted by Crippen LogP contribution is -2.49. The average molecular weight is 230 g/mol. The molecule has 4 unspecified atom stereocenters. The third-order valence-electron chi connectivity index (χ3n) is 3.26. The first-order valence-corrected chi connectivity index (χ1v) is 6.39. The van der Waals surface area contributed by atoms with Gasteiger partial charge in [0.2, 0.25) is 0 Å². The molecular weight excluding hydrogens is 204 g/mol. The SMILES string of the molecule is CC(CCCO)NC(CN)C1CCC(C)O1. The van der Waals surface area contributed by atoms with Crippen molar-refractivity contribution in [2.45, 2.75) is 63.8 Å². The molecule has 4 nitrogen and oxygen atoms in total. The van der Waals surface area contributed by atoms with Gasteiger partial charge in [0.15, 0.2) is 0 Å². The van der Waals surface area contributed by atoms with E-state index in [0.29, 0.717) is 18.7 Å². The monoisotopic (exact) mass is 230 g/mol. The van der Waals surface area contributed by atoms with Crippen molar-refractivity contribution in [1.29, 1.82) is 0 Å². The number of rotatable bonds is 7. The molecule has 0 radical (unpaired) electrons. The second kappa shape index (κ2) is 7.22. The maximum absolute atomic E-state index is 8.78. The van der Waals surface area contributed by atoms with Crippen molar-refractivity contribution >= 4 is 0 Å². The first-order valence-electron chi connectivity index (χ1n) is 6.39. The zero-order valence-electron chi connectivity index (χ0n) is 10.5. The summed E-state index contributed by atoms with van der Waals surface area (Å²) in [6.45, 7) is 5.12. The molecule has 0 aromatic rings. The molecule has 0 amide bonds. The highest BCUT2D eigenvalue weighted by Crippen LogP contribution is 2.21. The molecule has 16 heavy (non-hydrogen) atoms. The largest absolute Gasteiger partial charge is 0.396 e. The van der Waals surface area contributed by atoms with Crippen LogP contribution in [-0.4, -0.2) is 42.5 Å². The average Bonchev–Trinajstić information content (AvgIpc) is 2.69. The Hall–Kier alpha value is -0.160. The van der Waals surface area contributed by atoms with Gasteiger partial charge < -0.3 is 20.9 Å². The lowest BCUT2D eigenvalue weighted by molar-refractivity contribution is 0.0312. The van der Waals surface area contributed by atoms with E-state index in [0.717, 1.165) is 25.7 Å². The summed E-state index contributed by atoms with van der Waals surface area (Å²) in [5.74, 6) is 0. The van der Waals surface area contributed by atoms with Crippen LogP contribution in [0.3, 0.4) is 0 Å². The maximum atomic E-state index is 8.78. The van der Waals surface area contributed by atoms with E-state index in [1.165, 1.54) is 0 Å². The van der Waals surface area contributed by atoms with Crippen LogP contribution in [0.25, 0.3) is 0 Å². The van der Waals surface area contributed by atoms with Gasteiger partial charge in [0.25, 0.3) is 0 Å². The van der Waals surface area contributed by atoms with E-state index in [1.54, 1.807) is 0 Å². The van der Waals surface area contributed by atoms with Gasteiger partial charge in [0, 0.05) is 25.2 Å². The summed E-state index contributed by atoms with van der Waals surface area (Å²) in [5.41, 5.74) is 5.78. The van der Waals surface area contributed by atoms with Crippen LogP contribution in [0.4, 0.5) is 0 Å². The molecule has 1 saturated heterocycles. The fourth-order valence-electron chi connectivity index (χ4n) is 2.30. The molecule has 96 valence electrons. The van der Waals surface area contributed by atoms with E-state index in [2.05, 4.69) is 19.2 Å². The molecule has 0 aliphatic carbocycles. The molecule has 1 fully saturated rings. The third-order valence-corrected chi connectivity index (χ3v) is 3.26. The molecule has 0 aromatic heterocycles. The van der Waals surface area contributed by atoms with Crippen LogP contribution >= 0.6 is 0 Å². The Morgan fingerprint density at radius 1 is 1.50 bits per heavy atom. The normalized spacial score (nSPS) is 29.2. The predicted molar refractivity (Wildman–Crippen MR) is 65.3 cm³/mol. The first-order chi connectivity index (χ1) is 7.67. The Morgan fingerprint density at radius 2 is 2.25 bits per heavy atom. The molecular formula is C12H26N2O2. The predicted octanol–water partition coefficient (Wildman–Crippen LogP) is 0.632. The standard InChI is InChI=1S/C12H26N2O2/c1-9(4-3-7-15)14-11(8-13)12-6-5-10(2)16-12/h9-12,14-15H,3-8,13H2,1-2H3. The molecule has 1 rings (SSSR count). The van der Waals surface area contributed by atoms with Gasteiger partial charge in [0.05, 0.1) is 12.2 Å². The number of nitrogens with two attached hydrogens (primary N) is 1. The lowest BCUT2D eigenvalue weighted by Gasteiger charge is -2.27. The van der Waals surface area contributed by atoms with Crippen LogP contribution in [0, 0.1) is 0 Å². The zero-order chi connectivity index (χ0) is 12.0. The van der Waals surface area contributed by atoms with Crippen LogP contribution < -0.4 is 11.1 Å². The Bertz CT molecular complexity index is 190.